The molecule has 1 unspecified atom stereocenters. The van der Waals surface area contributed by atoms with Crippen LogP contribution in [0.3, 0.4) is 0 Å². The van der Waals surface area contributed by atoms with Gasteiger partial charge in [0, 0.05) is 17.7 Å². The molecule has 3 nitrogen and oxygen atoms in total. The number of benzene rings is 1. The highest BCUT2D eigenvalue weighted by molar-refractivity contribution is 5.34. The van der Waals surface area contributed by atoms with Crippen molar-refractivity contribution < 1.29 is 14.6 Å². The zero-order valence-corrected chi connectivity index (χ0v) is 9.86. The van der Waals surface area contributed by atoms with Gasteiger partial charge in [-0.25, -0.2) is 4.39 Å². The van der Waals surface area contributed by atoms with E-state index < -0.39 is 5.82 Å². The molecule has 0 radical (unpaired) electrons. The molecule has 0 amide bonds. The minimum Gasteiger partial charge on any atom is -0.508 e. The average Bonchev–Trinajstić information content (AvgIpc) is 2.22. The highest BCUT2D eigenvalue weighted by Gasteiger charge is 2.27. The summed E-state index contributed by atoms with van der Waals surface area (Å²) in [6.07, 6.45) is 1.54. The van der Waals surface area contributed by atoms with E-state index in [1.807, 2.05) is 6.92 Å². The first-order valence-corrected chi connectivity index (χ1v) is 5.96. The number of rotatable bonds is 4. The molecule has 1 saturated carbocycles. The maximum Gasteiger partial charge on any atom is 0.126 e. The van der Waals surface area contributed by atoms with E-state index in [4.69, 9.17) is 5.11 Å². The van der Waals surface area contributed by atoms with Crippen LogP contribution in [0.25, 0.3) is 0 Å². The zero-order chi connectivity index (χ0) is 12.4. The maximum absolute atomic E-state index is 12.8. The number of hydrogen-bond donors (Lipinski definition) is 3. The molecule has 0 saturated heterocycles. The lowest BCUT2D eigenvalue weighted by Gasteiger charge is -2.32. The van der Waals surface area contributed by atoms with Crippen LogP contribution in [0.2, 0.25) is 0 Å². The van der Waals surface area contributed by atoms with Crippen LogP contribution >= 0.6 is 0 Å². The summed E-state index contributed by atoms with van der Waals surface area (Å²) in [5.41, 5.74) is 0.700. The van der Waals surface area contributed by atoms with Gasteiger partial charge in [-0.15, -0.1) is 0 Å². The topological polar surface area (TPSA) is 52.5 Å². The van der Waals surface area contributed by atoms with Crippen LogP contribution in [0.5, 0.6) is 5.75 Å². The minimum atomic E-state index is -0.430. The monoisotopic (exact) mass is 239 g/mol. The lowest BCUT2D eigenvalue weighted by molar-refractivity contribution is 0.0420. The Morgan fingerprint density at radius 2 is 2.18 bits per heavy atom. The van der Waals surface area contributed by atoms with Gasteiger partial charge in [0.05, 0.1) is 6.10 Å². The molecular weight excluding hydrogens is 221 g/mol. The number of aliphatic hydroxyl groups excluding tert-OH is 1. The van der Waals surface area contributed by atoms with Gasteiger partial charge in [-0.1, -0.05) is 6.07 Å². The van der Waals surface area contributed by atoms with Crippen molar-refractivity contribution in [2.45, 2.75) is 31.9 Å². The molecule has 1 fully saturated rings. The lowest BCUT2D eigenvalue weighted by atomic mass is 9.82. The molecule has 0 aromatic heterocycles. The number of nitrogens with one attached hydrogen (secondary N) is 1. The third-order valence-corrected chi connectivity index (χ3v) is 3.38. The van der Waals surface area contributed by atoms with Gasteiger partial charge >= 0.3 is 0 Å². The molecule has 3 N–H and O–H groups in total. The molecule has 0 heterocycles. The van der Waals surface area contributed by atoms with Crippen LogP contribution in [0, 0.1) is 11.7 Å². The minimum absolute atomic E-state index is 0.0151. The number of phenolic OH excluding ortho intramolecular Hbond substituents is 1. The molecule has 0 aliphatic heterocycles. The summed E-state index contributed by atoms with van der Waals surface area (Å²) < 4.78 is 12.8. The first-order chi connectivity index (χ1) is 8.06. The fraction of sp³-hybridized carbons (Fsp3) is 0.538. The van der Waals surface area contributed by atoms with Gasteiger partial charge in [0.25, 0.3) is 0 Å². The molecule has 2 rings (SSSR count). The fourth-order valence-electron chi connectivity index (χ4n) is 2.20. The number of aromatic hydroxyl groups is 1. The predicted molar refractivity (Wildman–Crippen MR) is 63.2 cm³/mol. The summed E-state index contributed by atoms with van der Waals surface area (Å²) in [6, 6.07) is 4.05. The van der Waals surface area contributed by atoms with Gasteiger partial charge < -0.3 is 15.5 Å². The molecule has 0 spiro atoms. The summed E-state index contributed by atoms with van der Waals surface area (Å²) in [5, 5.41) is 22.1. The quantitative estimate of drug-likeness (QED) is 0.752. The lowest BCUT2D eigenvalue weighted by Crippen LogP contribution is -2.37. The number of aliphatic hydroxyl groups is 1. The van der Waals surface area contributed by atoms with E-state index in [9.17, 15) is 9.50 Å². The van der Waals surface area contributed by atoms with Crippen molar-refractivity contribution in [3.05, 3.63) is 29.6 Å². The molecule has 4 heteroatoms. The number of phenols is 1. The van der Waals surface area contributed by atoms with Crippen molar-refractivity contribution in [1.29, 1.82) is 0 Å². The molecule has 94 valence electrons. The summed E-state index contributed by atoms with van der Waals surface area (Å²) >= 11 is 0. The van der Waals surface area contributed by atoms with Crippen molar-refractivity contribution >= 4 is 0 Å². The van der Waals surface area contributed by atoms with Crippen molar-refractivity contribution in [1.82, 2.24) is 5.32 Å². The smallest absolute Gasteiger partial charge is 0.126 e. The summed E-state index contributed by atoms with van der Waals surface area (Å²) in [7, 11) is 0. The molecule has 1 aromatic rings. The zero-order valence-electron chi connectivity index (χ0n) is 9.86. The first-order valence-electron chi connectivity index (χ1n) is 5.96. The Bertz CT molecular complexity index is 391. The first kappa shape index (κ1) is 12.3. The third kappa shape index (κ3) is 2.96. The van der Waals surface area contributed by atoms with Crippen LogP contribution < -0.4 is 5.32 Å². The van der Waals surface area contributed by atoms with E-state index in [1.54, 1.807) is 6.07 Å². The van der Waals surface area contributed by atoms with E-state index in [1.165, 1.54) is 6.07 Å². The molecular formula is C13H18FNO2. The molecule has 0 bridgehead atoms. The Balaban J connectivity index is 1.88. The third-order valence-electron chi connectivity index (χ3n) is 3.38. The van der Waals surface area contributed by atoms with Crippen LogP contribution in [-0.2, 0) is 0 Å². The highest BCUT2D eigenvalue weighted by atomic mass is 19.1. The van der Waals surface area contributed by atoms with E-state index in [0.717, 1.165) is 25.5 Å². The highest BCUT2D eigenvalue weighted by Crippen LogP contribution is 2.28. The molecule has 17 heavy (non-hydrogen) atoms. The maximum atomic E-state index is 12.8. The van der Waals surface area contributed by atoms with Crippen molar-refractivity contribution in [2.24, 2.45) is 5.92 Å². The van der Waals surface area contributed by atoms with Crippen LogP contribution in [0.1, 0.15) is 31.4 Å². The Morgan fingerprint density at radius 1 is 1.47 bits per heavy atom. The van der Waals surface area contributed by atoms with Crippen LogP contribution in [0.15, 0.2) is 18.2 Å². The van der Waals surface area contributed by atoms with Gasteiger partial charge in [0.15, 0.2) is 0 Å². The Labute approximate surface area is 100 Å². The summed E-state index contributed by atoms with van der Waals surface area (Å²) in [6.45, 7) is 2.75. The van der Waals surface area contributed by atoms with Crippen LogP contribution in [-0.4, -0.2) is 22.9 Å². The van der Waals surface area contributed by atoms with E-state index in [2.05, 4.69) is 5.32 Å². The van der Waals surface area contributed by atoms with Crippen LogP contribution in [0.4, 0.5) is 4.39 Å². The summed E-state index contributed by atoms with van der Waals surface area (Å²) in [4.78, 5) is 0. The molecule has 1 atom stereocenters. The largest absolute Gasteiger partial charge is 0.508 e. The Hall–Kier alpha value is -1.13. The van der Waals surface area contributed by atoms with Gasteiger partial charge in [-0.05, 0) is 38.3 Å². The Kier molecular flexibility index (Phi) is 3.64. The van der Waals surface area contributed by atoms with Gasteiger partial charge in [0.1, 0.15) is 11.6 Å². The van der Waals surface area contributed by atoms with Crippen molar-refractivity contribution in [3.8, 4) is 5.75 Å². The van der Waals surface area contributed by atoms with Gasteiger partial charge in [-0.3, -0.25) is 0 Å². The fourth-order valence-corrected chi connectivity index (χ4v) is 2.20. The molecule has 1 aliphatic carbocycles. The SMILES string of the molecule is CC(NCC1CC(O)C1)c1ccc(F)cc1O. The Morgan fingerprint density at radius 3 is 2.76 bits per heavy atom. The number of hydrogen-bond acceptors (Lipinski definition) is 3. The second kappa shape index (κ2) is 5.02. The predicted octanol–water partition coefficient (Wildman–Crippen LogP) is 1.95. The number of halogens is 1. The average molecular weight is 239 g/mol. The van der Waals surface area contributed by atoms with Crippen molar-refractivity contribution in [2.75, 3.05) is 6.54 Å². The van der Waals surface area contributed by atoms with E-state index >= 15 is 0 Å². The van der Waals surface area contributed by atoms with Gasteiger partial charge in [0.2, 0.25) is 0 Å². The molecule has 1 aliphatic rings. The normalized spacial score (nSPS) is 25.4. The second-order valence-electron chi connectivity index (χ2n) is 4.82. The standard InChI is InChI=1S/C13H18FNO2/c1-8(15-7-9-4-11(16)5-9)12-3-2-10(14)6-13(12)17/h2-3,6,8-9,11,15-17H,4-5,7H2,1H3. The second-order valence-corrected chi connectivity index (χ2v) is 4.82. The van der Waals surface area contributed by atoms with Crippen molar-refractivity contribution in [3.63, 3.8) is 0 Å². The van der Waals surface area contributed by atoms with E-state index in [0.29, 0.717) is 11.5 Å². The van der Waals surface area contributed by atoms with Gasteiger partial charge in [-0.2, -0.15) is 0 Å². The molecule has 1 aromatic carbocycles. The summed E-state index contributed by atoms with van der Waals surface area (Å²) in [5.74, 6) is 0.0641. The van der Waals surface area contributed by atoms with E-state index in [-0.39, 0.29) is 17.9 Å².